The van der Waals surface area contributed by atoms with Gasteiger partial charge in [0.15, 0.2) is 5.82 Å². The zero-order valence-electron chi connectivity index (χ0n) is 18.9. The minimum Gasteiger partial charge on any atom is -0.377 e. The number of fused-ring (bicyclic) bond motifs is 3. The first-order chi connectivity index (χ1) is 16.6. The highest BCUT2D eigenvalue weighted by atomic mass is 16.1. The topological polar surface area (TPSA) is 93.3 Å². The summed E-state index contributed by atoms with van der Waals surface area (Å²) in [6.45, 7) is 4.77. The van der Waals surface area contributed by atoms with E-state index in [1.165, 1.54) is 0 Å². The maximum Gasteiger partial charge on any atom is 0.262 e. The van der Waals surface area contributed by atoms with Crippen molar-refractivity contribution in [2.45, 2.75) is 26.9 Å². The lowest BCUT2D eigenvalue weighted by atomic mass is 10.1. The number of aromatic nitrogens is 4. The second kappa shape index (κ2) is 8.82. The van der Waals surface area contributed by atoms with Crippen LogP contribution in [0.15, 0.2) is 77.6 Å². The number of aryl methyl sites for hydroxylation is 1. The molecule has 0 bridgehead atoms. The molecular weight excluding hydrogens is 428 g/mol. The van der Waals surface area contributed by atoms with Crippen molar-refractivity contribution in [2.24, 2.45) is 0 Å². The summed E-state index contributed by atoms with van der Waals surface area (Å²) in [4.78, 5) is 25.5. The molecule has 2 aromatic heterocycles. The van der Waals surface area contributed by atoms with E-state index in [1.807, 2.05) is 78.9 Å². The third-order valence-corrected chi connectivity index (χ3v) is 5.95. The van der Waals surface area contributed by atoms with Gasteiger partial charge in [-0.3, -0.25) is 18.6 Å². The lowest BCUT2D eigenvalue weighted by Crippen LogP contribution is -2.23. The fourth-order valence-electron chi connectivity index (χ4n) is 4.13. The summed E-state index contributed by atoms with van der Waals surface area (Å²) in [5, 5.41) is 15.7. The molecule has 0 saturated carbocycles. The van der Waals surface area contributed by atoms with Gasteiger partial charge in [-0.15, -0.1) is 10.2 Å². The molecular formula is C26H24N6O2. The molecule has 3 aromatic carbocycles. The molecule has 1 amide bonds. The third kappa shape index (κ3) is 3.69. The maximum absolute atomic E-state index is 12.9. The monoisotopic (exact) mass is 452 g/mol. The van der Waals surface area contributed by atoms with Gasteiger partial charge in [-0.25, -0.2) is 0 Å². The van der Waals surface area contributed by atoms with Gasteiger partial charge in [-0.2, -0.15) is 0 Å². The van der Waals surface area contributed by atoms with Crippen LogP contribution in [-0.4, -0.2) is 25.1 Å². The molecule has 0 radical (unpaired) electrons. The summed E-state index contributed by atoms with van der Waals surface area (Å²) in [7, 11) is 0. The average molecular weight is 453 g/mol. The van der Waals surface area contributed by atoms with Crippen LogP contribution in [0.5, 0.6) is 0 Å². The zero-order chi connectivity index (χ0) is 23.7. The molecule has 0 saturated heterocycles. The number of benzene rings is 3. The van der Waals surface area contributed by atoms with Gasteiger partial charge < -0.3 is 10.6 Å². The van der Waals surface area contributed by atoms with Gasteiger partial charge in [-0.1, -0.05) is 36.4 Å². The van der Waals surface area contributed by atoms with Crippen LogP contribution < -0.4 is 16.2 Å². The summed E-state index contributed by atoms with van der Waals surface area (Å²) in [6.07, 6.45) is 0. The number of nitrogens with zero attached hydrogens (tertiary/aromatic N) is 4. The molecule has 8 nitrogen and oxygen atoms in total. The summed E-state index contributed by atoms with van der Waals surface area (Å²) >= 11 is 0. The number of rotatable bonds is 6. The Kier molecular flexibility index (Phi) is 5.55. The summed E-state index contributed by atoms with van der Waals surface area (Å²) in [5.74, 6) is 1.04. The number of carbonyl (C=O) groups excluding carboxylic acids is 1. The molecule has 2 N–H and O–H groups in total. The molecule has 2 heterocycles. The van der Waals surface area contributed by atoms with E-state index in [2.05, 4.69) is 20.8 Å². The Morgan fingerprint density at radius 1 is 0.912 bits per heavy atom. The molecule has 8 heteroatoms. The van der Waals surface area contributed by atoms with Crippen molar-refractivity contribution in [1.82, 2.24) is 19.2 Å². The standard InChI is InChI=1S/C26H24N6O2/c1-3-31-25(34)19-12-7-8-15-22(19)32-23(29-30-26(31)32)16-27-20-13-9-14-21(17(20)2)28-24(33)18-10-5-4-6-11-18/h4-15,27H,3,16H2,1-2H3,(H,28,33). The fraction of sp³-hybridized carbons (Fsp3) is 0.154. The molecule has 0 spiro atoms. The predicted octanol–water partition coefficient (Wildman–Crippen LogP) is 4.24. The van der Waals surface area contributed by atoms with Crippen LogP contribution >= 0.6 is 0 Å². The fourth-order valence-corrected chi connectivity index (χ4v) is 4.13. The number of hydrogen-bond donors (Lipinski definition) is 2. The van der Waals surface area contributed by atoms with Gasteiger partial charge in [0.05, 0.1) is 17.4 Å². The molecule has 0 aliphatic heterocycles. The molecule has 5 rings (SSSR count). The molecule has 0 aliphatic carbocycles. The Morgan fingerprint density at radius 3 is 2.44 bits per heavy atom. The minimum atomic E-state index is -0.159. The van der Waals surface area contributed by atoms with E-state index in [1.54, 1.807) is 16.7 Å². The maximum atomic E-state index is 12.9. The average Bonchev–Trinajstić information content (AvgIpc) is 3.29. The summed E-state index contributed by atoms with van der Waals surface area (Å²) < 4.78 is 3.55. The van der Waals surface area contributed by atoms with Gasteiger partial charge in [-0.05, 0) is 55.8 Å². The Morgan fingerprint density at radius 2 is 1.65 bits per heavy atom. The summed E-state index contributed by atoms with van der Waals surface area (Å²) in [5.41, 5.74) is 3.82. The first-order valence-corrected chi connectivity index (χ1v) is 11.1. The van der Waals surface area contributed by atoms with Crippen molar-refractivity contribution in [1.29, 1.82) is 0 Å². The molecule has 34 heavy (non-hydrogen) atoms. The van der Waals surface area contributed by atoms with Crippen molar-refractivity contribution in [3.8, 4) is 0 Å². The van der Waals surface area contributed by atoms with Gasteiger partial charge in [0.1, 0.15) is 0 Å². The van der Waals surface area contributed by atoms with Gasteiger partial charge >= 0.3 is 0 Å². The van der Waals surface area contributed by atoms with Crippen LogP contribution in [0.25, 0.3) is 16.7 Å². The van der Waals surface area contributed by atoms with E-state index in [0.717, 1.165) is 22.5 Å². The number of carbonyl (C=O) groups is 1. The second-order valence-corrected chi connectivity index (χ2v) is 7.97. The SMILES string of the molecule is CCn1c(=O)c2ccccc2n2c(CNc3cccc(NC(=O)c4ccccc4)c3C)nnc12. The Labute approximate surface area is 195 Å². The zero-order valence-corrected chi connectivity index (χ0v) is 18.9. The molecule has 0 fully saturated rings. The van der Waals surface area contributed by atoms with E-state index in [0.29, 0.717) is 35.6 Å². The minimum absolute atomic E-state index is 0.0739. The van der Waals surface area contributed by atoms with Crippen LogP contribution in [-0.2, 0) is 13.1 Å². The normalized spacial score (nSPS) is 11.1. The van der Waals surface area contributed by atoms with Crippen molar-refractivity contribution in [2.75, 3.05) is 10.6 Å². The van der Waals surface area contributed by atoms with Crippen molar-refractivity contribution >= 4 is 34.0 Å². The van der Waals surface area contributed by atoms with Crippen molar-refractivity contribution < 1.29 is 4.79 Å². The van der Waals surface area contributed by atoms with Gasteiger partial charge in [0.2, 0.25) is 5.78 Å². The molecule has 0 unspecified atom stereocenters. The number of anilines is 2. The van der Waals surface area contributed by atoms with Crippen LogP contribution in [0, 0.1) is 6.92 Å². The van der Waals surface area contributed by atoms with E-state index in [9.17, 15) is 9.59 Å². The number of para-hydroxylation sites is 1. The van der Waals surface area contributed by atoms with Crippen LogP contribution in [0.4, 0.5) is 11.4 Å². The van der Waals surface area contributed by atoms with Crippen molar-refractivity contribution in [3.63, 3.8) is 0 Å². The Bertz CT molecular complexity index is 1570. The largest absolute Gasteiger partial charge is 0.377 e. The van der Waals surface area contributed by atoms with Crippen LogP contribution in [0.1, 0.15) is 28.7 Å². The van der Waals surface area contributed by atoms with E-state index in [4.69, 9.17) is 0 Å². The Balaban J connectivity index is 1.45. The lowest BCUT2D eigenvalue weighted by molar-refractivity contribution is 0.102. The number of hydrogen-bond acceptors (Lipinski definition) is 5. The van der Waals surface area contributed by atoms with E-state index < -0.39 is 0 Å². The molecule has 170 valence electrons. The van der Waals surface area contributed by atoms with Gasteiger partial charge in [0, 0.05) is 23.5 Å². The highest BCUT2D eigenvalue weighted by Gasteiger charge is 2.16. The lowest BCUT2D eigenvalue weighted by Gasteiger charge is -2.14. The van der Waals surface area contributed by atoms with Gasteiger partial charge in [0.25, 0.3) is 11.5 Å². The summed E-state index contributed by atoms with van der Waals surface area (Å²) in [6, 6.07) is 22.3. The molecule has 0 atom stereocenters. The third-order valence-electron chi connectivity index (χ3n) is 5.95. The number of nitrogens with one attached hydrogen (secondary N) is 2. The van der Waals surface area contributed by atoms with Crippen molar-refractivity contribution in [3.05, 3.63) is 100 Å². The van der Waals surface area contributed by atoms with Crippen LogP contribution in [0.2, 0.25) is 0 Å². The predicted molar refractivity (Wildman–Crippen MR) is 133 cm³/mol. The highest BCUT2D eigenvalue weighted by Crippen LogP contribution is 2.25. The second-order valence-electron chi connectivity index (χ2n) is 7.97. The highest BCUT2D eigenvalue weighted by molar-refractivity contribution is 6.05. The van der Waals surface area contributed by atoms with Crippen LogP contribution in [0.3, 0.4) is 0 Å². The van der Waals surface area contributed by atoms with E-state index >= 15 is 0 Å². The first-order valence-electron chi connectivity index (χ1n) is 11.1. The molecule has 5 aromatic rings. The quantitative estimate of drug-likeness (QED) is 0.402. The van der Waals surface area contributed by atoms with E-state index in [-0.39, 0.29) is 11.5 Å². The Hall–Kier alpha value is -4.46. The number of amides is 1. The smallest absolute Gasteiger partial charge is 0.262 e. The molecule has 0 aliphatic rings. The first kappa shape index (κ1) is 21.4.